The van der Waals surface area contributed by atoms with Gasteiger partial charge in [0.15, 0.2) is 12.2 Å². The molecule has 0 aliphatic carbocycles. The van der Waals surface area contributed by atoms with E-state index in [4.69, 9.17) is 23.7 Å². The number of hydrogen-bond acceptors (Lipinski definition) is 11. The van der Waals surface area contributed by atoms with Crippen molar-refractivity contribution in [3.63, 3.8) is 0 Å². The third kappa shape index (κ3) is 7.46. The lowest BCUT2D eigenvalue weighted by atomic mass is 9.95. The van der Waals surface area contributed by atoms with Crippen molar-refractivity contribution in [1.82, 2.24) is 5.32 Å². The Hall–Kier alpha value is -3.12. The number of rotatable bonds is 7. The Balaban J connectivity index is 2.47. The molecule has 2 unspecified atom stereocenters. The third-order valence-electron chi connectivity index (χ3n) is 4.43. The fraction of sp³-hybridized carbons (Fsp3) is 0.476. The SMILES string of the molecule is CC(=O)OCC1OC(OC(C)=O)[C@@H](NC(=O)c2ccccc2S)[C@@H](OC(C)=O)[C@H]1OC(C)=O. The van der Waals surface area contributed by atoms with Crippen molar-refractivity contribution in [3.8, 4) is 0 Å². The molecule has 0 radical (unpaired) electrons. The first-order valence-electron chi connectivity index (χ1n) is 9.89. The minimum atomic E-state index is -1.46. The van der Waals surface area contributed by atoms with E-state index in [1.54, 1.807) is 18.2 Å². The molecule has 1 heterocycles. The van der Waals surface area contributed by atoms with E-state index in [1.165, 1.54) is 6.07 Å². The number of amides is 1. The summed E-state index contributed by atoms with van der Waals surface area (Å²) in [5.74, 6) is -3.55. The van der Waals surface area contributed by atoms with Gasteiger partial charge >= 0.3 is 23.9 Å². The van der Waals surface area contributed by atoms with Crippen LogP contribution in [0, 0.1) is 0 Å². The van der Waals surface area contributed by atoms with Crippen LogP contribution in [-0.2, 0) is 42.9 Å². The summed E-state index contributed by atoms with van der Waals surface area (Å²) in [5, 5.41) is 2.61. The minimum Gasteiger partial charge on any atom is -0.463 e. The Labute approximate surface area is 195 Å². The monoisotopic (exact) mass is 483 g/mol. The molecule has 1 amide bonds. The van der Waals surface area contributed by atoms with E-state index in [-0.39, 0.29) is 5.56 Å². The van der Waals surface area contributed by atoms with Gasteiger partial charge in [-0.05, 0) is 12.1 Å². The standard InChI is InChI=1S/C21H25NO10S/c1-10(23)28-9-15-18(29-11(2)24)19(30-12(3)25)17(21(32-15)31-13(4)26)22-20(27)14-7-5-6-8-16(14)33/h5-8,15,17-19,21,33H,9H2,1-4H3,(H,22,27)/t15?,17-,18-,19+,21?/m0/s1. The summed E-state index contributed by atoms with van der Waals surface area (Å²) < 4.78 is 26.6. The topological polar surface area (TPSA) is 144 Å². The van der Waals surface area contributed by atoms with E-state index in [0.717, 1.165) is 27.7 Å². The zero-order valence-electron chi connectivity index (χ0n) is 18.4. The summed E-state index contributed by atoms with van der Waals surface area (Å²) in [5.41, 5.74) is 0.190. The lowest BCUT2D eigenvalue weighted by Crippen LogP contribution is -2.67. The summed E-state index contributed by atoms with van der Waals surface area (Å²) in [6.45, 7) is 4.11. The number of carbonyl (C=O) groups excluding carboxylic acids is 5. The average Bonchev–Trinajstić information content (AvgIpc) is 2.70. The van der Waals surface area contributed by atoms with Gasteiger partial charge in [-0.15, -0.1) is 12.6 Å². The fourth-order valence-electron chi connectivity index (χ4n) is 3.21. The number of nitrogens with one attached hydrogen (secondary N) is 1. The van der Waals surface area contributed by atoms with Gasteiger partial charge in [0, 0.05) is 32.6 Å². The second-order valence-corrected chi connectivity index (χ2v) is 7.60. The van der Waals surface area contributed by atoms with Crippen LogP contribution in [0.4, 0.5) is 0 Å². The molecule has 180 valence electrons. The van der Waals surface area contributed by atoms with E-state index in [1.807, 2.05) is 0 Å². The largest absolute Gasteiger partial charge is 0.463 e. The molecule has 1 aliphatic heterocycles. The molecule has 0 aromatic heterocycles. The number of ether oxygens (including phenoxy) is 5. The molecule has 1 aromatic carbocycles. The first-order chi connectivity index (χ1) is 15.5. The Morgan fingerprint density at radius 1 is 0.879 bits per heavy atom. The predicted molar refractivity (Wildman–Crippen MR) is 113 cm³/mol. The zero-order valence-corrected chi connectivity index (χ0v) is 19.3. The van der Waals surface area contributed by atoms with Gasteiger partial charge in [-0.1, -0.05) is 12.1 Å². The Morgan fingerprint density at radius 3 is 2.00 bits per heavy atom. The van der Waals surface area contributed by atoms with Gasteiger partial charge in [0.2, 0.25) is 6.29 Å². The summed E-state index contributed by atoms with van der Waals surface area (Å²) >= 11 is 4.25. The van der Waals surface area contributed by atoms with Crippen LogP contribution in [0.15, 0.2) is 29.2 Å². The molecular formula is C21H25NO10S. The smallest absolute Gasteiger partial charge is 0.305 e. The first kappa shape index (κ1) is 26.1. The molecule has 0 bridgehead atoms. The molecule has 1 fully saturated rings. The summed E-state index contributed by atoms with van der Waals surface area (Å²) in [4.78, 5) is 60.0. The van der Waals surface area contributed by atoms with Gasteiger partial charge in [-0.3, -0.25) is 24.0 Å². The number of thiol groups is 1. The third-order valence-corrected chi connectivity index (χ3v) is 4.82. The maximum atomic E-state index is 12.9. The molecule has 11 nitrogen and oxygen atoms in total. The maximum absolute atomic E-state index is 12.9. The fourth-order valence-corrected chi connectivity index (χ4v) is 3.48. The van der Waals surface area contributed by atoms with Crippen molar-refractivity contribution >= 4 is 42.4 Å². The number of hydrogen-bond donors (Lipinski definition) is 2. The molecule has 12 heteroatoms. The molecule has 2 rings (SSSR count). The van der Waals surface area contributed by atoms with Gasteiger partial charge in [-0.25, -0.2) is 0 Å². The van der Waals surface area contributed by atoms with Gasteiger partial charge in [0.25, 0.3) is 5.91 Å². The van der Waals surface area contributed by atoms with Crippen molar-refractivity contribution in [2.75, 3.05) is 6.61 Å². The molecule has 0 saturated carbocycles. The van der Waals surface area contributed by atoms with Gasteiger partial charge in [0.05, 0.1) is 5.56 Å². The Morgan fingerprint density at radius 2 is 1.45 bits per heavy atom. The van der Waals surface area contributed by atoms with E-state index in [9.17, 15) is 24.0 Å². The maximum Gasteiger partial charge on any atom is 0.305 e. The van der Waals surface area contributed by atoms with E-state index in [0.29, 0.717) is 4.90 Å². The molecule has 1 saturated heterocycles. The number of esters is 4. The van der Waals surface area contributed by atoms with Gasteiger partial charge in [-0.2, -0.15) is 0 Å². The lowest BCUT2D eigenvalue weighted by Gasteiger charge is -2.44. The van der Waals surface area contributed by atoms with Crippen LogP contribution >= 0.6 is 12.6 Å². The van der Waals surface area contributed by atoms with Gasteiger partial charge < -0.3 is 29.0 Å². The predicted octanol–water partition coefficient (Wildman–Crippen LogP) is 0.788. The Kier molecular flexibility index (Phi) is 9.23. The normalized spacial score (nSPS) is 24.2. The highest BCUT2D eigenvalue weighted by Gasteiger charge is 2.52. The number of carbonyl (C=O) groups is 5. The molecule has 0 spiro atoms. The van der Waals surface area contributed by atoms with Crippen LogP contribution in [0.1, 0.15) is 38.1 Å². The van der Waals surface area contributed by atoms with Crippen LogP contribution in [0.5, 0.6) is 0 Å². The molecule has 1 aromatic rings. The zero-order chi connectivity index (χ0) is 24.7. The van der Waals surface area contributed by atoms with Crippen molar-refractivity contribution in [2.45, 2.75) is 63.2 Å². The van der Waals surface area contributed by atoms with Crippen molar-refractivity contribution in [3.05, 3.63) is 29.8 Å². The summed E-state index contributed by atoms with van der Waals surface area (Å²) in [7, 11) is 0. The van der Waals surface area contributed by atoms with Crippen LogP contribution in [-0.4, -0.2) is 67.0 Å². The van der Waals surface area contributed by atoms with Gasteiger partial charge in [0.1, 0.15) is 18.8 Å². The lowest BCUT2D eigenvalue weighted by molar-refractivity contribution is -0.270. The van der Waals surface area contributed by atoms with Crippen molar-refractivity contribution < 1.29 is 47.7 Å². The van der Waals surface area contributed by atoms with Crippen molar-refractivity contribution in [2.24, 2.45) is 0 Å². The van der Waals surface area contributed by atoms with Crippen molar-refractivity contribution in [1.29, 1.82) is 0 Å². The minimum absolute atomic E-state index is 0.190. The van der Waals surface area contributed by atoms with Crippen LogP contribution in [0.25, 0.3) is 0 Å². The highest BCUT2D eigenvalue weighted by Crippen LogP contribution is 2.28. The number of benzene rings is 1. The van der Waals surface area contributed by atoms with Crippen LogP contribution in [0.3, 0.4) is 0 Å². The Bertz CT molecular complexity index is 920. The highest BCUT2D eigenvalue weighted by molar-refractivity contribution is 7.80. The average molecular weight is 483 g/mol. The molecule has 5 atom stereocenters. The molecule has 1 aliphatic rings. The summed E-state index contributed by atoms with van der Waals surface area (Å²) in [6, 6.07) is 5.13. The van der Waals surface area contributed by atoms with E-state index in [2.05, 4.69) is 17.9 Å². The molecular weight excluding hydrogens is 458 g/mol. The first-order valence-corrected chi connectivity index (χ1v) is 10.3. The van der Waals surface area contributed by atoms with E-state index < -0.39 is 67.0 Å². The second-order valence-electron chi connectivity index (χ2n) is 7.12. The second kappa shape index (κ2) is 11.7. The molecule has 33 heavy (non-hydrogen) atoms. The highest BCUT2D eigenvalue weighted by atomic mass is 32.1. The van der Waals surface area contributed by atoms with E-state index >= 15 is 0 Å². The van der Waals surface area contributed by atoms with Crippen LogP contribution < -0.4 is 5.32 Å². The summed E-state index contributed by atoms with van der Waals surface area (Å²) in [6.07, 6.45) is -5.28. The quantitative estimate of drug-likeness (QED) is 0.324. The van der Waals surface area contributed by atoms with Crippen LogP contribution in [0.2, 0.25) is 0 Å². The molecule has 1 N–H and O–H groups in total.